The molecule has 0 unspecified atom stereocenters. The number of rotatable bonds is 4. The van der Waals surface area contributed by atoms with E-state index >= 15 is 0 Å². The van der Waals surface area contributed by atoms with Crippen molar-refractivity contribution in [1.29, 1.82) is 0 Å². The third kappa shape index (κ3) is 4.96. The maximum Gasteiger partial charge on any atom is 0.422 e. The van der Waals surface area contributed by atoms with E-state index in [1.807, 2.05) is 0 Å². The molecular weight excluding hydrogens is 371 g/mol. The Labute approximate surface area is 164 Å². The summed E-state index contributed by atoms with van der Waals surface area (Å²) < 4.78 is 66.0. The van der Waals surface area contributed by atoms with Crippen LogP contribution in [0.4, 0.5) is 22.0 Å². The van der Waals surface area contributed by atoms with Gasteiger partial charge in [0, 0.05) is 0 Å². The Bertz CT molecular complexity index is 652. The maximum absolute atomic E-state index is 13.9. The molecule has 0 radical (unpaired) electrons. The maximum atomic E-state index is 13.9. The quantitative estimate of drug-likeness (QED) is 0.354. The minimum Gasteiger partial charge on any atom is -0.206 e. The number of allylic oxidation sites excluding steroid dienone is 2. The Hall–Kier alpha value is -1.39. The first kappa shape index (κ1) is 21.3. The highest BCUT2D eigenvalue weighted by Crippen LogP contribution is 2.45. The van der Waals surface area contributed by atoms with Crippen LogP contribution >= 0.6 is 0 Å². The number of alkyl halides is 3. The zero-order valence-electron chi connectivity index (χ0n) is 16.4. The van der Waals surface area contributed by atoms with E-state index in [0.717, 1.165) is 44.2 Å². The fraction of sp³-hybridized carbons (Fsp3) is 0.652. The van der Waals surface area contributed by atoms with Crippen molar-refractivity contribution in [3.05, 3.63) is 47.0 Å². The third-order valence-corrected chi connectivity index (χ3v) is 6.72. The highest BCUT2D eigenvalue weighted by molar-refractivity contribution is 5.30. The summed E-state index contributed by atoms with van der Waals surface area (Å²) in [6.07, 6.45) is 9.19. The van der Waals surface area contributed by atoms with Crippen LogP contribution in [-0.2, 0) is 6.18 Å². The van der Waals surface area contributed by atoms with Gasteiger partial charge in [-0.3, -0.25) is 0 Å². The molecule has 0 atom stereocenters. The molecule has 2 saturated carbocycles. The first-order chi connectivity index (χ1) is 13.3. The van der Waals surface area contributed by atoms with E-state index in [4.69, 9.17) is 0 Å². The van der Waals surface area contributed by atoms with Crippen LogP contribution in [0.1, 0.15) is 81.8 Å². The molecule has 28 heavy (non-hydrogen) atoms. The predicted molar refractivity (Wildman–Crippen MR) is 101 cm³/mol. The molecule has 2 fully saturated rings. The van der Waals surface area contributed by atoms with Crippen molar-refractivity contribution in [3.8, 4) is 0 Å². The lowest BCUT2D eigenvalue weighted by Crippen LogP contribution is -2.25. The van der Waals surface area contributed by atoms with E-state index in [9.17, 15) is 22.0 Å². The number of halogens is 5. The molecule has 0 bridgehead atoms. The Morgan fingerprint density at radius 2 is 1.36 bits per heavy atom. The van der Waals surface area contributed by atoms with Gasteiger partial charge in [-0.1, -0.05) is 19.1 Å². The minimum atomic E-state index is -5.00. The van der Waals surface area contributed by atoms with Crippen LogP contribution < -0.4 is 0 Å². The van der Waals surface area contributed by atoms with Crippen molar-refractivity contribution in [2.75, 3.05) is 0 Å². The summed E-state index contributed by atoms with van der Waals surface area (Å²) in [6, 6.07) is 1.78. The molecule has 0 saturated heterocycles. The average Bonchev–Trinajstić information content (AvgIpc) is 2.65. The zero-order valence-corrected chi connectivity index (χ0v) is 16.4. The Morgan fingerprint density at radius 1 is 0.857 bits per heavy atom. The molecule has 2 aliphatic carbocycles. The van der Waals surface area contributed by atoms with Crippen molar-refractivity contribution in [3.63, 3.8) is 0 Å². The second-order valence-electron chi connectivity index (χ2n) is 8.48. The first-order valence-electron chi connectivity index (χ1n) is 10.5. The van der Waals surface area contributed by atoms with E-state index in [-0.39, 0.29) is 5.92 Å². The minimum absolute atomic E-state index is 0.0497. The van der Waals surface area contributed by atoms with Gasteiger partial charge in [0.2, 0.25) is 0 Å². The molecule has 0 spiro atoms. The molecule has 0 N–H and O–H groups in total. The van der Waals surface area contributed by atoms with Gasteiger partial charge in [0.1, 0.15) is 17.2 Å². The molecule has 3 rings (SSSR count). The van der Waals surface area contributed by atoms with Crippen LogP contribution in [0.3, 0.4) is 0 Å². The van der Waals surface area contributed by atoms with Gasteiger partial charge in [-0.2, -0.15) is 13.2 Å². The van der Waals surface area contributed by atoms with Crippen molar-refractivity contribution in [2.45, 2.75) is 76.8 Å². The summed E-state index contributed by atoms with van der Waals surface area (Å²) in [6.45, 7) is 2.15. The predicted octanol–water partition coefficient (Wildman–Crippen LogP) is 8.03. The summed E-state index contributed by atoms with van der Waals surface area (Å²) in [7, 11) is 0. The molecule has 0 heterocycles. The fourth-order valence-corrected chi connectivity index (χ4v) is 5.16. The van der Waals surface area contributed by atoms with Gasteiger partial charge < -0.3 is 0 Å². The van der Waals surface area contributed by atoms with Crippen molar-refractivity contribution < 1.29 is 22.0 Å². The molecule has 0 nitrogen and oxygen atoms in total. The van der Waals surface area contributed by atoms with Gasteiger partial charge >= 0.3 is 6.18 Å². The van der Waals surface area contributed by atoms with Crippen LogP contribution in [0.2, 0.25) is 0 Å². The van der Waals surface area contributed by atoms with Crippen molar-refractivity contribution in [2.24, 2.45) is 17.8 Å². The third-order valence-electron chi connectivity index (χ3n) is 6.72. The standard InChI is InChI=1S/C23H29F5/c1-2-3-4-15-5-7-16(8-6-15)17-9-11-18(12-10-17)19-13-20(24)22(21(25)14-19)23(26,27)28/h3-4,13-18H,2,5-12H2,1H3/b4-3+/t15-,16-,17-,18-. The summed E-state index contributed by atoms with van der Waals surface area (Å²) in [4.78, 5) is 0. The van der Waals surface area contributed by atoms with Gasteiger partial charge in [0.15, 0.2) is 0 Å². The Balaban J connectivity index is 1.57. The molecule has 0 aliphatic heterocycles. The zero-order chi connectivity index (χ0) is 20.3. The Kier molecular flexibility index (Phi) is 6.82. The van der Waals surface area contributed by atoms with Gasteiger partial charge in [0.25, 0.3) is 0 Å². The Morgan fingerprint density at radius 3 is 1.82 bits per heavy atom. The molecule has 5 heteroatoms. The SMILES string of the molecule is CC/C=C/[C@H]1CC[C@H]([C@H]2CC[C@H](c3cc(F)c(C(F)(F)F)c(F)c3)CC2)CC1. The van der Waals surface area contributed by atoms with Crippen LogP contribution in [0, 0.1) is 29.4 Å². The van der Waals surface area contributed by atoms with E-state index < -0.39 is 23.4 Å². The highest BCUT2D eigenvalue weighted by atomic mass is 19.4. The van der Waals surface area contributed by atoms with Crippen LogP contribution in [0.5, 0.6) is 0 Å². The largest absolute Gasteiger partial charge is 0.422 e. The van der Waals surface area contributed by atoms with E-state index in [1.54, 1.807) is 0 Å². The van der Waals surface area contributed by atoms with E-state index in [2.05, 4.69) is 19.1 Å². The highest BCUT2D eigenvalue weighted by Gasteiger charge is 2.38. The smallest absolute Gasteiger partial charge is 0.206 e. The molecule has 1 aromatic carbocycles. The van der Waals surface area contributed by atoms with Crippen LogP contribution in [0.15, 0.2) is 24.3 Å². The van der Waals surface area contributed by atoms with Crippen molar-refractivity contribution >= 4 is 0 Å². The summed E-state index contributed by atoms with van der Waals surface area (Å²) >= 11 is 0. The lowest BCUT2D eigenvalue weighted by atomic mass is 9.68. The van der Waals surface area contributed by atoms with Gasteiger partial charge in [-0.05, 0) is 99.2 Å². The topological polar surface area (TPSA) is 0 Å². The number of hydrogen-bond acceptors (Lipinski definition) is 0. The summed E-state index contributed by atoms with van der Waals surface area (Å²) in [5, 5.41) is 0. The number of hydrogen-bond donors (Lipinski definition) is 0. The monoisotopic (exact) mass is 400 g/mol. The molecule has 2 aliphatic rings. The lowest BCUT2D eigenvalue weighted by Gasteiger charge is -2.37. The van der Waals surface area contributed by atoms with E-state index in [0.29, 0.717) is 23.3 Å². The average molecular weight is 400 g/mol. The lowest BCUT2D eigenvalue weighted by molar-refractivity contribution is -0.142. The number of benzene rings is 1. The molecule has 156 valence electrons. The normalized spacial score (nSPS) is 29.4. The second-order valence-corrected chi connectivity index (χ2v) is 8.48. The molecular formula is C23H29F5. The van der Waals surface area contributed by atoms with Gasteiger partial charge in [-0.25, -0.2) is 8.78 Å². The fourth-order valence-electron chi connectivity index (χ4n) is 5.16. The molecule has 0 amide bonds. The van der Waals surface area contributed by atoms with Crippen LogP contribution in [-0.4, -0.2) is 0 Å². The van der Waals surface area contributed by atoms with Crippen LogP contribution in [0.25, 0.3) is 0 Å². The van der Waals surface area contributed by atoms with Gasteiger partial charge in [-0.15, -0.1) is 0 Å². The second kappa shape index (κ2) is 8.96. The van der Waals surface area contributed by atoms with Crippen molar-refractivity contribution in [1.82, 2.24) is 0 Å². The first-order valence-corrected chi connectivity index (χ1v) is 10.5. The van der Waals surface area contributed by atoms with E-state index in [1.165, 1.54) is 25.7 Å². The summed E-state index contributed by atoms with van der Waals surface area (Å²) in [5.74, 6) is -0.993. The molecule has 0 aromatic heterocycles. The molecule has 1 aromatic rings. The summed E-state index contributed by atoms with van der Waals surface area (Å²) in [5.41, 5.74) is -1.41. The van der Waals surface area contributed by atoms with Gasteiger partial charge in [0.05, 0.1) is 0 Å².